The van der Waals surface area contributed by atoms with Gasteiger partial charge in [0.2, 0.25) is 0 Å². The molecule has 2 heterocycles. The van der Waals surface area contributed by atoms with E-state index in [1.807, 2.05) is 43.9 Å². The van der Waals surface area contributed by atoms with Crippen LogP contribution in [0.5, 0.6) is 0 Å². The van der Waals surface area contributed by atoms with E-state index >= 15 is 0 Å². The number of aryl methyl sites for hydroxylation is 2. The minimum absolute atomic E-state index is 0.0825. The molecular formula is C22H30N4O3. The molecule has 1 N–H and O–H groups in total. The zero-order chi connectivity index (χ0) is 20.8. The van der Waals surface area contributed by atoms with Gasteiger partial charge >= 0.3 is 0 Å². The van der Waals surface area contributed by atoms with Gasteiger partial charge in [0, 0.05) is 38.9 Å². The van der Waals surface area contributed by atoms with E-state index in [-0.39, 0.29) is 23.6 Å². The molecule has 0 saturated carbocycles. The lowest BCUT2D eigenvalue weighted by molar-refractivity contribution is 0.0743. The highest BCUT2D eigenvalue weighted by Crippen LogP contribution is 2.17. The molecule has 7 heteroatoms. The molecule has 156 valence electrons. The highest BCUT2D eigenvalue weighted by molar-refractivity contribution is 5.98. The largest absolute Gasteiger partial charge is 0.379 e. The van der Waals surface area contributed by atoms with Gasteiger partial charge in [0.15, 0.2) is 5.69 Å². The third-order valence-electron chi connectivity index (χ3n) is 4.83. The van der Waals surface area contributed by atoms with Crippen molar-refractivity contribution in [3.05, 3.63) is 52.8 Å². The van der Waals surface area contributed by atoms with Crippen molar-refractivity contribution in [1.29, 1.82) is 0 Å². The summed E-state index contributed by atoms with van der Waals surface area (Å²) in [5, 5.41) is 7.22. The van der Waals surface area contributed by atoms with Gasteiger partial charge < -0.3 is 15.0 Å². The van der Waals surface area contributed by atoms with Crippen LogP contribution in [0.15, 0.2) is 30.3 Å². The van der Waals surface area contributed by atoms with Crippen molar-refractivity contribution < 1.29 is 14.3 Å². The fraction of sp³-hybridized carbons (Fsp3) is 0.500. The number of benzene rings is 1. The van der Waals surface area contributed by atoms with E-state index in [1.54, 1.807) is 10.7 Å². The zero-order valence-corrected chi connectivity index (χ0v) is 17.5. The second-order valence-electron chi connectivity index (χ2n) is 7.74. The van der Waals surface area contributed by atoms with Gasteiger partial charge in [0.1, 0.15) is 5.69 Å². The molecule has 2 aromatic rings. The minimum Gasteiger partial charge on any atom is -0.379 e. The van der Waals surface area contributed by atoms with Gasteiger partial charge in [-0.3, -0.25) is 14.3 Å². The lowest BCUT2D eigenvalue weighted by Crippen LogP contribution is -2.30. The Morgan fingerprint density at radius 1 is 1.28 bits per heavy atom. The average molecular weight is 399 g/mol. The van der Waals surface area contributed by atoms with E-state index in [2.05, 4.69) is 16.5 Å². The first-order valence-corrected chi connectivity index (χ1v) is 10.3. The maximum Gasteiger partial charge on any atom is 0.272 e. The molecular weight excluding hydrogens is 368 g/mol. The molecule has 0 unspecified atom stereocenters. The Morgan fingerprint density at radius 2 is 2.10 bits per heavy atom. The van der Waals surface area contributed by atoms with Gasteiger partial charge in [-0.1, -0.05) is 29.8 Å². The Morgan fingerprint density at radius 3 is 2.86 bits per heavy atom. The molecule has 1 aromatic carbocycles. The second-order valence-corrected chi connectivity index (χ2v) is 7.74. The maximum absolute atomic E-state index is 13.0. The molecule has 3 rings (SSSR count). The first kappa shape index (κ1) is 21.0. The molecule has 29 heavy (non-hydrogen) atoms. The first-order valence-electron chi connectivity index (χ1n) is 10.3. The van der Waals surface area contributed by atoms with Crippen LogP contribution >= 0.6 is 0 Å². The Balaban J connectivity index is 1.63. The van der Waals surface area contributed by atoms with Crippen molar-refractivity contribution in [2.75, 3.05) is 19.7 Å². The molecule has 0 fully saturated rings. The van der Waals surface area contributed by atoms with Crippen molar-refractivity contribution in [3.63, 3.8) is 0 Å². The smallest absolute Gasteiger partial charge is 0.272 e. The summed E-state index contributed by atoms with van der Waals surface area (Å²) in [6.07, 6.45) is 1.73. The SMILES string of the molecule is Cc1cccc(CN2CCCn3nc(C(=O)NCCCOC(C)C)cc3C2=O)c1. The van der Waals surface area contributed by atoms with Crippen molar-refractivity contribution in [3.8, 4) is 0 Å². The van der Waals surface area contributed by atoms with Crippen LogP contribution in [-0.4, -0.2) is 52.3 Å². The number of ether oxygens (including phenoxy) is 1. The summed E-state index contributed by atoms with van der Waals surface area (Å²) in [6, 6.07) is 9.78. The average Bonchev–Trinajstić information content (AvgIpc) is 3.04. The highest BCUT2D eigenvalue weighted by atomic mass is 16.5. The van der Waals surface area contributed by atoms with Gasteiger partial charge in [0.05, 0.1) is 6.10 Å². The first-order chi connectivity index (χ1) is 13.9. The topological polar surface area (TPSA) is 76.5 Å². The minimum atomic E-state index is -0.256. The summed E-state index contributed by atoms with van der Waals surface area (Å²) < 4.78 is 7.13. The van der Waals surface area contributed by atoms with Crippen LogP contribution in [0.1, 0.15) is 58.8 Å². The number of rotatable bonds is 8. The predicted molar refractivity (Wildman–Crippen MR) is 111 cm³/mol. The molecule has 1 aromatic heterocycles. The number of hydrogen-bond acceptors (Lipinski definition) is 4. The van der Waals surface area contributed by atoms with Crippen LogP contribution in [0.25, 0.3) is 0 Å². The Hall–Kier alpha value is -2.67. The van der Waals surface area contributed by atoms with Crippen LogP contribution in [-0.2, 0) is 17.8 Å². The molecule has 0 saturated heterocycles. The van der Waals surface area contributed by atoms with Crippen LogP contribution in [0, 0.1) is 6.92 Å². The predicted octanol–water partition coefficient (Wildman–Crippen LogP) is 2.78. The molecule has 1 aliphatic heterocycles. The monoisotopic (exact) mass is 398 g/mol. The Kier molecular flexibility index (Phi) is 7.04. The molecule has 0 spiro atoms. The van der Waals surface area contributed by atoms with Gasteiger partial charge in [-0.2, -0.15) is 5.10 Å². The lowest BCUT2D eigenvalue weighted by Gasteiger charge is -2.20. The van der Waals surface area contributed by atoms with E-state index in [0.29, 0.717) is 38.5 Å². The summed E-state index contributed by atoms with van der Waals surface area (Å²) >= 11 is 0. The number of hydrogen-bond donors (Lipinski definition) is 1. The third kappa shape index (κ3) is 5.67. The summed E-state index contributed by atoms with van der Waals surface area (Å²) in [6.45, 7) is 8.98. The number of amides is 2. The van der Waals surface area contributed by atoms with Gasteiger partial charge in [0.25, 0.3) is 11.8 Å². The van der Waals surface area contributed by atoms with Crippen LogP contribution < -0.4 is 5.32 Å². The van der Waals surface area contributed by atoms with E-state index in [1.165, 1.54) is 5.56 Å². The van der Waals surface area contributed by atoms with Crippen molar-refractivity contribution in [2.24, 2.45) is 0 Å². The van der Waals surface area contributed by atoms with Crippen LogP contribution in [0.2, 0.25) is 0 Å². The molecule has 2 amide bonds. The summed E-state index contributed by atoms with van der Waals surface area (Å²) in [4.78, 5) is 27.3. The Bertz CT molecular complexity index is 859. The van der Waals surface area contributed by atoms with Gasteiger partial charge in [-0.25, -0.2) is 0 Å². The molecule has 0 radical (unpaired) electrons. The normalized spacial score (nSPS) is 14.1. The number of carbonyl (C=O) groups excluding carboxylic acids is 2. The maximum atomic E-state index is 13.0. The second kappa shape index (κ2) is 9.69. The van der Waals surface area contributed by atoms with E-state index in [4.69, 9.17) is 4.74 Å². The molecule has 0 atom stereocenters. The number of carbonyl (C=O) groups is 2. The number of aromatic nitrogens is 2. The van der Waals surface area contributed by atoms with Crippen LogP contribution in [0.4, 0.5) is 0 Å². The molecule has 0 aliphatic carbocycles. The fourth-order valence-corrected chi connectivity index (χ4v) is 3.41. The third-order valence-corrected chi connectivity index (χ3v) is 4.83. The van der Waals surface area contributed by atoms with Crippen LogP contribution in [0.3, 0.4) is 0 Å². The van der Waals surface area contributed by atoms with E-state index in [9.17, 15) is 9.59 Å². The van der Waals surface area contributed by atoms with Crippen molar-refractivity contribution in [2.45, 2.75) is 52.8 Å². The molecule has 7 nitrogen and oxygen atoms in total. The van der Waals surface area contributed by atoms with Crippen molar-refractivity contribution in [1.82, 2.24) is 20.0 Å². The number of nitrogens with one attached hydrogen (secondary N) is 1. The lowest BCUT2D eigenvalue weighted by atomic mass is 10.1. The quantitative estimate of drug-likeness (QED) is 0.694. The fourth-order valence-electron chi connectivity index (χ4n) is 3.41. The summed E-state index contributed by atoms with van der Waals surface area (Å²) in [5.74, 6) is -0.339. The van der Waals surface area contributed by atoms with E-state index < -0.39 is 0 Å². The van der Waals surface area contributed by atoms with Crippen molar-refractivity contribution >= 4 is 11.8 Å². The number of nitrogens with zero attached hydrogens (tertiary/aromatic N) is 3. The standard InChI is InChI=1S/C22H30N4O3/c1-16(2)29-12-5-9-23-21(27)19-14-20-22(28)25(10-6-11-26(20)24-19)15-18-8-4-7-17(3)13-18/h4,7-8,13-14,16H,5-6,9-12,15H2,1-3H3,(H,23,27). The van der Waals surface area contributed by atoms with Gasteiger partial charge in [-0.05, 0) is 39.2 Å². The Labute approximate surface area is 172 Å². The zero-order valence-electron chi connectivity index (χ0n) is 17.5. The summed E-state index contributed by atoms with van der Waals surface area (Å²) in [5.41, 5.74) is 3.04. The molecule has 0 bridgehead atoms. The highest BCUT2D eigenvalue weighted by Gasteiger charge is 2.26. The number of fused-ring (bicyclic) bond motifs is 1. The molecule has 1 aliphatic rings. The van der Waals surface area contributed by atoms with E-state index in [0.717, 1.165) is 18.4 Å². The summed E-state index contributed by atoms with van der Waals surface area (Å²) in [7, 11) is 0. The van der Waals surface area contributed by atoms with Gasteiger partial charge in [-0.15, -0.1) is 0 Å².